The van der Waals surface area contributed by atoms with Crippen LogP contribution >= 0.6 is 0 Å². The number of methoxy groups -OCH3 is 1. The van der Waals surface area contributed by atoms with Gasteiger partial charge in [0.2, 0.25) is 0 Å². The maximum absolute atomic E-state index is 12.1. The van der Waals surface area contributed by atoms with Crippen molar-refractivity contribution in [2.75, 3.05) is 19.0 Å². The van der Waals surface area contributed by atoms with Gasteiger partial charge in [-0.2, -0.15) is 0 Å². The number of nitrogens with one attached hydrogen (secondary N) is 2. The monoisotopic (exact) mass is 366 g/mol. The first kappa shape index (κ1) is 21.4. The van der Waals surface area contributed by atoms with Crippen molar-refractivity contribution in [1.82, 2.24) is 5.32 Å². The largest absolute Gasteiger partial charge is 0.480 e. The lowest BCUT2D eigenvalue weighted by Crippen LogP contribution is -2.27. The van der Waals surface area contributed by atoms with Gasteiger partial charge in [-0.3, -0.25) is 14.9 Å². The van der Waals surface area contributed by atoms with Gasteiger partial charge in [0.15, 0.2) is 0 Å². The van der Waals surface area contributed by atoms with Crippen LogP contribution in [0.3, 0.4) is 0 Å². The zero-order valence-corrected chi connectivity index (χ0v) is 15.8. The molecule has 3 N–H and O–H groups in total. The third-order valence-electron chi connectivity index (χ3n) is 3.38. The summed E-state index contributed by atoms with van der Waals surface area (Å²) in [5.41, 5.74) is 1.96. The Balaban J connectivity index is 3.08. The van der Waals surface area contributed by atoms with Gasteiger partial charge in [-0.1, -0.05) is 6.07 Å². The van der Waals surface area contributed by atoms with Crippen LogP contribution < -0.4 is 10.6 Å². The van der Waals surface area contributed by atoms with Crippen molar-refractivity contribution in [2.45, 2.75) is 46.3 Å². The lowest BCUT2D eigenvalue weighted by atomic mass is 10.00. The summed E-state index contributed by atoms with van der Waals surface area (Å²) in [5.74, 6) is -1.38. The van der Waals surface area contributed by atoms with Crippen molar-refractivity contribution in [3.63, 3.8) is 0 Å². The first-order valence-corrected chi connectivity index (χ1v) is 8.13. The zero-order chi connectivity index (χ0) is 19.9. The topological polar surface area (TPSA) is 114 Å². The van der Waals surface area contributed by atoms with E-state index < -0.39 is 23.6 Å². The van der Waals surface area contributed by atoms with Gasteiger partial charge in [-0.25, -0.2) is 4.79 Å². The molecule has 26 heavy (non-hydrogen) atoms. The number of amides is 1. The van der Waals surface area contributed by atoms with Crippen LogP contribution in [-0.4, -0.2) is 42.4 Å². The molecule has 0 unspecified atom stereocenters. The second kappa shape index (κ2) is 9.19. The molecular weight excluding hydrogens is 340 g/mol. The average Bonchev–Trinajstić information content (AvgIpc) is 2.49. The van der Waals surface area contributed by atoms with Crippen molar-refractivity contribution in [3.05, 3.63) is 28.8 Å². The number of aliphatic carboxylic acids is 1. The highest BCUT2D eigenvalue weighted by Crippen LogP contribution is 2.24. The van der Waals surface area contributed by atoms with Crippen LogP contribution in [-0.2, 0) is 32.0 Å². The normalized spacial score (nSPS) is 11.0. The first-order valence-electron chi connectivity index (χ1n) is 8.13. The fourth-order valence-corrected chi connectivity index (χ4v) is 2.21. The zero-order valence-electron chi connectivity index (χ0n) is 15.8. The molecule has 8 nitrogen and oxygen atoms in total. The van der Waals surface area contributed by atoms with Crippen LogP contribution in [0, 0.1) is 6.92 Å². The summed E-state index contributed by atoms with van der Waals surface area (Å²) in [6.45, 7) is 7.12. The van der Waals surface area contributed by atoms with Crippen LogP contribution in [0.15, 0.2) is 12.1 Å². The molecular formula is C18H26N2O6. The predicted octanol–water partition coefficient (Wildman–Crippen LogP) is 2.23. The summed E-state index contributed by atoms with van der Waals surface area (Å²) in [6, 6.07) is 3.50. The Bertz CT molecular complexity index is 679. The molecule has 0 fully saturated rings. The van der Waals surface area contributed by atoms with Gasteiger partial charge in [0, 0.05) is 12.2 Å². The third-order valence-corrected chi connectivity index (χ3v) is 3.38. The lowest BCUT2D eigenvalue weighted by Gasteiger charge is -2.21. The number of benzene rings is 1. The van der Waals surface area contributed by atoms with Crippen molar-refractivity contribution in [3.8, 4) is 0 Å². The van der Waals surface area contributed by atoms with E-state index >= 15 is 0 Å². The van der Waals surface area contributed by atoms with E-state index in [9.17, 15) is 14.4 Å². The van der Waals surface area contributed by atoms with E-state index in [1.807, 2.05) is 0 Å². The minimum absolute atomic E-state index is 0.0398. The van der Waals surface area contributed by atoms with Gasteiger partial charge in [0.1, 0.15) is 5.60 Å². The molecule has 1 rings (SSSR count). The number of anilines is 1. The van der Waals surface area contributed by atoms with Gasteiger partial charge in [-0.05, 0) is 50.5 Å². The second-order valence-electron chi connectivity index (χ2n) is 6.80. The average molecular weight is 366 g/mol. The summed E-state index contributed by atoms with van der Waals surface area (Å²) in [7, 11) is 1.30. The molecule has 0 saturated carbocycles. The molecule has 0 radical (unpaired) electrons. The molecule has 1 aromatic carbocycles. The van der Waals surface area contributed by atoms with Gasteiger partial charge >= 0.3 is 18.0 Å². The highest BCUT2D eigenvalue weighted by Gasteiger charge is 2.18. The Hall–Kier alpha value is -2.61. The molecule has 0 spiro atoms. The number of carboxylic acid groups (broad SMARTS) is 1. The van der Waals surface area contributed by atoms with Crippen molar-refractivity contribution < 1.29 is 29.0 Å². The lowest BCUT2D eigenvalue weighted by molar-refractivity contribution is -0.140. The molecule has 0 saturated heterocycles. The molecule has 0 aromatic heterocycles. The third kappa shape index (κ3) is 7.52. The molecule has 0 heterocycles. The molecule has 0 bridgehead atoms. The maximum Gasteiger partial charge on any atom is 0.412 e. The molecule has 0 aliphatic heterocycles. The Labute approximate surface area is 152 Å². The summed E-state index contributed by atoms with van der Waals surface area (Å²) >= 11 is 0. The van der Waals surface area contributed by atoms with Gasteiger partial charge < -0.3 is 19.9 Å². The summed E-state index contributed by atoms with van der Waals surface area (Å²) in [6.07, 6.45) is -0.571. The molecule has 144 valence electrons. The first-order chi connectivity index (χ1) is 12.0. The van der Waals surface area contributed by atoms with E-state index in [-0.39, 0.29) is 19.5 Å². The van der Waals surface area contributed by atoms with E-state index in [1.54, 1.807) is 39.8 Å². The molecule has 0 aliphatic carbocycles. The van der Waals surface area contributed by atoms with Gasteiger partial charge in [0.05, 0.1) is 20.1 Å². The number of rotatable bonds is 7. The minimum atomic E-state index is -0.973. The van der Waals surface area contributed by atoms with Crippen LogP contribution in [0.1, 0.15) is 37.5 Å². The van der Waals surface area contributed by atoms with E-state index in [0.29, 0.717) is 16.8 Å². The molecule has 0 aliphatic rings. The number of esters is 1. The van der Waals surface area contributed by atoms with Gasteiger partial charge in [-0.15, -0.1) is 0 Å². The highest BCUT2D eigenvalue weighted by molar-refractivity contribution is 5.87. The number of hydrogen-bond donors (Lipinski definition) is 3. The number of hydrogen-bond acceptors (Lipinski definition) is 6. The van der Waals surface area contributed by atoms with Crippen molar-refractivity contribution in [1.29, 1.82) is 0 Å². The number of carbonyl (C=O) groups is 3. The molecule has 1 amide bonds. The van der Waals surface area contributed by atoms with E-state index in [0.717, 1.165) is 5.56 Å². The molecule has 1 aromatic rings. The van der Waals surface area contributed by atoms with Crippen LogP contribution in [0.2, 0.25) is 0 Å². The molecule has 0 atom stereocenters. The quantitative estimate of drug-likeness (QED) is 0.634. The summed E-state index contributed by atoms with van der Waals surface area (Å²) in [4.78, 5) is 34.4. The number of carbonyl (C=O) groups excluding carboxylic acids is 2. The van der Waals surface area contributed by atoms with Crippen LogP contribution in [0.25, 0.3) is 0 Å². The predicted molar refractivity (Wildman–Crippen MR) is 96.1 cm³/mol. The Kier molecular flexibility index (Phi) is 7.57. The van der Waals surface area contributed by atoms with E-state index in [1.165, 1.54) is 7.11 Å². The van der Waals surface area contributed by atoms with Crippen LogP contribution in [0.4, 0.5) is 10.5 Å². The summed E-state index contributed by atoms with van der Waals surface area (Å²) < 4.78 is 9.96. The summed E-state index contributed by atoms with van der Waals surface area (Å²) in [5, 5.41) is 14.2. The SMILES string of the molecule is COC(=O)Cc1cc(CNCC(=O)O)cc(NC(=O)OC(C)(C)C)c1C. The number of ether oxygens (including phenoxy) is 2. The standard InChI is InChI=1S/C18H26N2O6/c1-11-13(8-16(23)25-5)6-12(9-19-10-15(21)22)7-14(11)20-17(24)26-18(2,3)4/h6-7,19H,8-10H2,1-5H3,(H,20,24)(H,21,22). The van der Waals surface area contributed by atoms with Crippen molar-refractivity contribution in [2.24, 2.45) is 0 Å². The highest BCUT2D eigenvalue weighted by atomic mass is 16.6. The smallest absolute Gasteiger partial charge is 0.412 e. The molecule has 8 heteroatoms. The Morgan fingerprint density at radius 2 is 1.85 bits per heavy atom. The van der Waals surface area contributed by atoms with Gasteiger partial charge in [0.25, 0.3) is 0 Å². The van der Waals surface area contributed by atoms with Crippen molar-refractivity contribution >= 4 is 23.7 Å². The fraction of sp³-hybridized carbons (Fsp3) is 0.500. The van der Waals surface area contributed by atoms with Crippen LogP contribution in [0.5, 0.6) is 0 Å². The Morgan fingerprint density at radius 1 is 1.19 bits per heavy atom. The number of carboxylic acids is 1. The second-order valence-corrected chi connectivity index (χ2v) is 6.80. The maximum atomic E-state index is 12.1. The fourth-order valence-electron chi connectivity index (χ4n) is 2.21. The Morgan fingerprint density at radius 3 is 2.38 bits per heavy atom. The van der Waals surface area contributed by atoms with E-state index in [4.69, 9.17) is 14.6 Å². The van der Waals surface area contributed by atoms with E-state index in [2.05, 4.69) is 10.6 Å². The minimum Gasteiger partial charge on any atom is -0.480 e.